The van der Waals surface area contributed by atoms with Gasteiger partial charge in [-0.15, -0.1) is 10.2 Å². The molecule has 0 aliphatic carbocycles. The minimum absolute atomic E-state index is 0.148. The zero-order valence-corrected chi connectivity index (χ0v) is 10.2. The summed E-state index contributed by atoms with van der Waals surface area (Å²) >= 11 is 6.89. The summed E-state index contributed by atoms with van der Waals surface area (Å²) in [5.74, 6) is -0.605. The molecule has 0 aliphatic rings. The Balaban J connectivity index is 2.37. The first-order chi connectivity index (χ1) is 8.06. The van der Waals surface area contributed by atoms with Gasteiger partial charge in [0.05, 0.1) is 5.56 Å². The Bertz CT molecular complexity index is 570. The molecule has 0 radical (unpaired) electrons. The summed E-state index contributed by atoms with van der Waals surface area (Å²) < 4.78 is 5.17. The summed E-state index contributed by atoms with van der Waals surface area (Å²) in [6.45, 7) is 1.66. The van der Waals surface area contributed by atoms with Crippen LogP contribution in [0.2, 0.25) is 5.02 Å². The van der Waals surface area contributed by atoms with E-state index in [1.807, 2.05) is 0 Å². The lowest BCUT2D eigenvalue weighted by molar-refractivity contribution is 0.0693. The Labute approximate surface area is 106 Å². The molecule has 0 spiro atoms. The number of nitrogens with zero attached hydrogens (tertiary/aromatic N) is 2. The minimum atomic E-state index is -1.03. The number of carboxylic acid groups (broad SMARTS) is 1. The Morgan fingerprint density at radius 3 is 2.82 bits per heavy atom. The van der Waals surface area contributed by atoms with Crippen LogP contribution in [-0.2, 0) is 0 Å². The van der Waals surface area contributed by atoms with Crippen molar-refractivity contribution in [3.05, 3.63) is 34.7 Å². The molecule has 0 fully saturated rings. The largest absolute Gasteiger partial charge is 0.478 e. The maximum absolute atomic E-state index is 11.0. The molecule has 1 aromatic carbocycles. The monoisotopic (exact) mass is 270 g/mol. The van der Waals surface area contributed by atoms with E-state index in [0.29, 0.717) is 15.8 Å². The highest BCUT2D eigenvalue weighted by molar-refractivity contribution is 7.99. The molecule has 88 valence electrons. The summed E-state index contributed by atoms with van der Waals surface area (Å²) in [6.07, 6.45) is 0. The van der Waals surface area contributed by atoms with Crippen LogP contribution in [0.4, 0.5) is 0 Å². The molecule has 1 aromatic heterocycles. The van der Waals surface area contributed by atoms with Gasteiger partial charge in [-0.25, -0.2) is 4.79 Å². The molecule has 0 aliphatic heterocycles. The first kappa shape index (κ1) is 11.9. The molecule has 5 nitrogen and oxygen atoms in total. The van der Waals surface area contributed by atoms with Crippen molar-refractivity contribution in [2.75, 3.05) is 0 Å². The van der Waals surface area contributed by atoms with Crippen molar-refractivity contribution in [3.63, 3.8) is 0 Å². The third-order valence-electron chi connectivity index (χ3n) is 1.88. The first-order valence-electron chi connectivity index (χ1n) is 4.57. The molecule has 0 amide bonds. The van der Waals surface area contributed by atoms with Gasteiger partial charge < -0.3 is 9.52 Å². The van der Waals surface area contributed by atoms with Gasteiger partial charge >= 0.3 is 5.97 Å². The van der Waals surface area contributed by atoms with Gasteiger partial charge in [0.2, 0.25) is 5.89 Å². The van der Waals surface area contributed by atoms with E-state index in [0.717, 1.165) is 11.8 Å². The van der Waals surface area contributed by atoms with Crippen molar-refractivity contribution >= 4 is 29.3 Å². The number of rotatable bonds is 3. The zero-order chi connectivity index (χ0) is 12.4. The van der Waals surface area contributed by atoms with E-state index in [9.17, 15) is 4.79 Å². The predicted octanol–water partition coefficient (Wildman–Crippen LogP) is 2.88. The smallest absolute Gasteiger partial charge is 0.336 e. The van der Waals surface area contributed by atoms with E-state index in [1.54, 1.807) is 13.0 Å². The number of hydrogen-bond donors (Lipinski definition) is 1. The van der Waals surface area contributed by atoms with E-state index >= 15 is 0 Å². The average molecular weight is 271 g/mol. The first-order valence-corrected chi connectivity index (χ1v) is 5.76. The Morgan fingerprint density at radius 2 is 2.24 bits per heavy atom. The molecule has 0 unspecified atom stereocenters. The Hall–Kier alpha value is -1.53. The van der Waals surface area contributed by atoms with Crippen molar-refractivity contribution < 1.29 is 14.3 Å². The molecule has 0 saturated heterocycles. The van der Waals surface area contributed by atoms with Crippen LogP contribution in [0.5, 0.6) is 0 Å². The van der Waals surface area contributed by atoms with Crippen LogP contribution in [0.15, 0.2) is 32.7 Å². The average Bonchev–Trinajstić information content (AvgIpc) is 2.63. The number of carbonyl (C=O) groups is 1. The number of aromatic carboxylic acids is 1. The Morgan fingerprint density at radius 1 is 1.47 bits per heavy atom. The normalized spacial score (nSPS) is 10.5. The van der Waals surface area contributed by atoms with Gasteiger partial charge in [0.1, 0.15) is 0 Å². The van der Waals surface area contributed by atoms with E-state index in [-0.39, 0.29) is 10.8 Å². The lowest BCUT2D eigenvalue weighted by atomic mass is 10.2. The summed E-state index contributed by atoms with van der Waals surface area (Å²) in [6, 6.07) is 4.51. The topological polar surface area (TPSA) is 76.2 Å². The van der Waals surface area contributed by atoms with Crippen molar-refractivity contribution in [1.29, 1.82) is 0 Å². The third-order valence-corrected chi connectivity index (χ3v) is 3.01. The molecule has 0 atom stereocenters. The predicted molar refractivity (Wildman–Crippen MR) is 61.6 cm³/mol. The summed E-state index contributed by atoms with van der Waals surface area (Å²) in [7, 11) is 0. The second-order valence-electron chi connectivity index (χ2n) is 3.13. The van der Waals surface area contributed by atoms with Gasteiger partial charge in [0.15, 0.2) is 0 Å². The molecule has 0 saturated carbocycles. The van der Waals surface area contributed by atoms with Crippen LogP contribution in [0.1, 0.15) is 16.2 Å². The van der Waals surface area contributed by atoms with Crippen LogP contribution in [0.25, 0.3) is 0 Å². The molecule has 1 heterocycles. The van der Waals surface area contributed by atoms with Crippen LogP contribution in [0, 0.1) is 6.92 Å². The molecule has 1 N–H and O–H groups in total. The standard InChI is InChI=1S/C10H7ClN2O3S/c1-5-12-13-10(16-5)17-8-4-6(11)2-3-7(8)9(14)15/h2-4H,1H3,(H,14,15). The van der Waals surface area contributed by atoms with Gasteiger partial charge in [-0.05, 0) is 30.0 Å². The SMILES string of the molecule is Cc1nnc(Sc2cc(Cl)ccc2C(=O)O)o1. The van der Waals surface area contributed by atoms with E-state index in [1.165, 1.54) is 12.1 Å². The fraction of sp³-hybridized carbons (Fsp3) is 0.100. The molecule has 0 bridgehead atoms. The van der Waals surface area contributed by atoms with E-state index in [4.69, 9.17) is 21.1 Å². The van der Waals surface area contributed by atoms with Crippen molar-refractivity contribution in [2.45, 2.75) is 17.0 Å². The Kier molecular flexibility index (Phi) is 3.35. The summed E-state index contributed by atoms with van der Waals surface area (Å²) in [5, 5.41) is 17.2. The van der Waals surface area contributed by atoms with Crippen molar-refractivity contribution in [2.24, 2.45) is 0 Å². The maximum Gasteiger partial charge on any atom is 0.336 e. The molecule has 17 heavy (non-hydrogen) atoms. The number of halogens is 1. The fourth-order valence-electron chi connectivity index (χ4n) is 1.17. The molecule has 2 rings (SSSR count). The minimum Gasteiger partial charge on any atom is -0.478 e. The molecule has 7 heteroatoms. The van der Waals surface area contributed by atoms with Crippen molar-refractivity contribution in [3.8, 4) is 0 Å². The van der Waals surface area contributed by atoms with E-state index in [2.05, 4.69) is 10.2 Å². The van der Waals surface area contributed by atoms with Gasteiger partial charge in [-0.1, -0.05) is 11.6 Å². The number of hydrogen-bond acceptors (Lipinski definition) is 5. The lowest BCUT2D eigenvalue weighted by Gasteiger charge is -2.02. The number of benzene rings is 1. The molecule has 2 aromatic rings. The van der Waals surface area contributed by atoms with Gasteiger partial charge in [0, 0.05) is 16.8 Å². The molecular weight excluding hydrogens is 264 g/mol. The van der Waals surface area contributed by atoms with Crippen molar-refractivity contribution in [1.82, 2.24) is 10.2 Å². The molecular formula is C10H7ClN2O3S. The second-order valence-corrected chi connectivity index (χ2v) is 4.56. The fourth-order valence-corrected chi connectivity index (χ4v) is 2.29. The zero-order valence-electron chi connectivity index (χ0n) is 8.68. The highest BCUT2D eigenvalue weighted by Gasteiger charge is 2.14. The maximum atomic E-state index is 11.0. The third kappa shape index (κ3) is 2.78. The number of carboxylic acids is 1. The van der Waals surface area contributed by atoms with E-state index < -0.39 is 5.97 Å². The van der Waals surface area contributed by atoms with Gasteiger partial charge in [-0.2, -0.15) is 0 Å². The van der Waals surface area contributed by atoms with Crippen LogP contribution in [0.3, 0.4) is 0 Å². The van der Waals surface area contributed by atoms with Gasteiger partial charge in [0.25, 0.3) is 5.22 Å². The van der Waals surface area contributed by atoms with Crippen LogP contribution in [-0.4, -0.2) is 21.3 Å². The highest BCUT2D eigenvalue weighted by atomic mass is 35.5. The van der Waals surface area contributed by atoms with Gasteiger partial charge in [-0.3, -0.25) is 0 Å². The summed E-state index contributed by atoms with van der Waals surface area (Å²) in [4.78, 5) is 11.5. The number of aryl methyl sites for hydroxylation is 1. The second kappa shape index (κ2) is 4.77. The quantitative estimate of drug-likeness (QED) is 0.924. The lowest BCUT2D eigenvalue weighted by Crippen LogP contribution is -1.98. The van der Waals surface area contributed by atoms with Crippen LogP contribution >= 0.6 is 23.4 Å². The number of aromatic nitrogens is 2. The summed E-state index contributed by atoms with van der Waals surface area (Å²) in [5.41, 5.74) is 0.148. The highest BCUT2D eigenvalue weighted by Crippen LogP contribution is 2.31. The van der Waals surface area contributed by atoms with Crippen LogP contribution < -0.4 is 0 Å².